The summed E-state index contributed by atoms with van der Waals surface area (Å²) in [6, 6.07) is 19.5. The quantitative estimate of drug-likeness (QED) is 0.827. The second-order valence-corrected chi connectivity index (χ2v) is 5.14. The maximum atomic E-state index is 3.20. The van der Waals surface area contributed by atoms with Crippen LogP contribution in [0.4, 0.5) is 0 Å². The van der Waals surface area contributed by atoms with Gasteiger partial charge >= 0.3 is 0 Å². The minimum atomic E-state index is 0.929. The van der Waals surface area contributed by atoms with Gasteiger partial charge < -0.3 is 5.32 Å². The van der Waals surface area contributed by atoms with Crippen LogP contribution in [0.2, 0.25) is 0 Å². The van der Waals surface area contributed by atoms with Gasteiger partial charge in [0.25, 0.3) is 0 Å². The first-order chi connectivity index (χ1) is 9.81. The van der Waals surface area contributed by atoms with Crippen molar-refractivity contribution in [1.29, 1.82) is 0 Å². The maximum absolute atomic E-state index is 3.20. The molecule has 0 aliphatic rings. The largest absolute Gasteiger partial charge is 0.316 e. The van der Waals surface area contributed by atoms with Crippen LogP contribution < -0.4 is 5.32 Å². The Morgan fingerprint density at radius 3 is 2.20 bits per heavy atom. The van der Waals surface area contributed by atoms with Crippen LogP contribution >= 0.6 is 0 Å². The third-order valence-electron chi connectivity index (χ3n) is 3.47. The van der Waals surface area contributed by atoms with E-state index in [4.69, 9.17) is 0 Å². The lowest BCUT2D eigenvalue weighted by Crippen LogP contribution is -2.22. The summed E-state index contributed by atoms with van der Waals surface area (Å²) in [6.07, 6.45) is 0. The lowest BCUT2D eigenvalue weighted by atomic mass is 10.1. The molecule has 2 aromatic carbocycles. The fourth-order valence-electron chi connectivity index (χ4n) is 2.42. The molecule has 2 heteroatoms. The van der Waals surface area contributed by atoms with Crippen LogP contribution in [0.5, 0.6) is 0 Å². The van der Waals surface area contributed by atoms with Crippen LogP contribution in [0.1, 0.15) is 23.6 Å². The lowest BCUT2D eigenvalue weighted by Gasteiger charge is -2.21. The second-order valence-electron chi connectivity index (χ2n) is 5.14. The molecule has 2 rings (SSSR count). The molecule has 0 bridgehead atoms. The average molecular weight is 268 g/mol. The molecule has 1 N–H and O–H groups in total. The molecule has 0 saturated heterocycles. The minimum absolute atomic E-state index is 0.929. The van der Waals surface area contributed by atoms with E-state index in [0.717, 1.165) is 26.2 Å². The Labute approximate surface area is 122 Å². The van der Waals surface area contributed by atoms with Crippen LogP contribution in [-0.2, 0) is 19.6 Å². The van der Waals surface area contributed by atoms with E-state index in [9.17, 15) is 0 Å². The van der Waals surface area contributed by atoms with Crippen molar-refractivity contribution in [1.82, 2.24) is 10.2 Å². The first kappa shape index (κ1) is 14.8. The molecule has 2 nitrogen and oxygen atoms in total. The molecule has 0 saturated carbocycles. The molecule has 0 amide bonds. The smallest absolute Gasteiger partial charge is 0.0237 e. The van der Waals surface area contributed by atoms with Gasteiger partial charge in [-0.2, -0.15) is 0 Å². The van der Waals surface area contributed by atoms with E-state index in [1.165, 1.54) is 16.7 Å². The van der Waals surface area contributed by atoms with Gasteiger partial charge in [0, 0.05) is 19.6 Å². The lowest BCUT2D eigenvalue weighted by molar-refractivity contribution is 0.271. The summed E-state index contributed by atoms with van der Waals surface area (Å²) in [5, 5.41) is 3.20. The summed E-state index contributed by atoms with van der Waals surface area (Å²) in [4.78, 5) is 2.47. The first-order valence-corrected chi connectivity index (χ1v) is 7.30. The Bertz CT molecular complexity index is 508. The third kappa shape index (κ3) is 4.48. The van der Waals surface area contributed by atoms with Gasteiger partial charge in [0.05, 0.1) is 0 Å². The van der Waals surface area contributed by atoms with Crippen molar-refractivity contribution in [3.8, 4) is 0 Å². The molecule has 0 aromatic heterocycles. The molecule has 106 valence electrons. The van der Waals surface area contributed by atoms with Gasteiger partial charge in [-0.25, -0.2) is 0 Å². The zero-order valence-corrected chi connectivity index (χ0v) is 12.5. The van der Waals surface area contributed by atoms with E-state index >= 15 is 0 Å². The Morgan fingerprint density at radius 1 is 0.850 bits per heavy atom. The van der Waals surface area contributed by atoms with E-state index in [1.807, 2.05) is 7.05 Å². The van der Waals surface area contributed by atoms with E-state index in [1.54, 1.807) is 0 Å². The van der Waals surface area contributed by atoms with Crippen molar-refractivity contribution in [3.63, 3.8) is 0 Å². The molecule has 0 atom stereocenters. The highest BCUT2D eigenvalue weighted by Crippen LogP contribution is 2.11. The number of benzene rings is 2. The first-order valence-electron chi connectivity index (χ1n) is 7.30. The molecule has 0 aliphatic carbocycles. The van der Waals surface area contributed by atoms with Crippen LogP contribution in [0.25, 0.3) is 0 Å². The monoisotopic (exact) mass is 268 g/mol. The van der Waals surface area contributed by atoms with Gasteiger partial charge in [-0.1, -0.05) is 61.5 Å². The average Bonchev–Trinajstić information content (AvgIpc) is 2.48. The summed E-state index contributed by atoms with van der Waals surface area (Å²) in [6.45, 7) is 6.22. The van der Waals surface area contributed by atoms with Gasteiger partial charge in [-0.05, 0) is 30.3 Å². The molecular formula is C18H24N2. The van der Waals surface area contributed by atoms with E-state index in [-0.39, 0.29) is 0 Å². The Balaban J connectivity index is 2.00. The molecule has 20 heavy (non-hydrogen) atoms. The fourth-order valence-corrected chi connectivity index (χ4v) is 2.42. The van der Waals surface area contributed by atoms with Crippen molar-refractivity contribution in [3.05, 3.63) is 71.3 Å². The van der Waals surface area contributed by atoms with Gasteiger partial charge in [-0.3, -0.25) is 4.90 Å². The van der Waals surface area contributed by atoms with Crippen molar-refractivity contribution < 1.29 is 0 Å². The number of rotatable bonds is 7. The van der Waals surface area contributed by atoms with Crippen LogP contribution in [0.3, 0.4) is 0 Å². The third-order valence-corrected chi connectivity index (χ3v) is 3.47. The second kappa shape index (κ2) is 7.83. The molecule has 0 unspecified atom stereocenters. The Hall–Kier alpha value is -1.64. The summed E-state index contributed by atoms with van der Waals surface area (Å²) in [5.74, 6) is 0. The standard InChI is InChI=1S/C18H24N2/c1-3-20(14-16-8-5-4-6-9-16)15-18-11-7-10-17(12-18)13-19-2/h4-12,19H,3,13-15H2,1-2H3. The van der Waals surface area contributed by atoms with Crippen LogP contribution in [0.15, 0.2) is 54.6 Å². The van der Waals surface area contributed by atoms with Crippen LogP contribution in [0, 0.1) is 0 Å². The highest BCUT2D eigenvalue weighted by atomic mass is 15.1. The molecule has 0 fully saturated rings. The van der Waals surface area contributed by atoms with Gasteiger partial charge in [0.15, 0.2) is 0 Å². The zero-order chi connectivity index (χ0) is 14.2. The summed E-state index contributed by atoms with van der Waals surface area (Å²) in [5.41, 5.74) is 4.11. The van der Waals surface area contributed by atoms with E-state index in [0.29, 0.717) is 0 Å². The molecule has 2 aromatic rings. The van der Waals surface area contributed by atoms with Gasteiger partial charge in [0.2, 0.25) is 0 Å². The van der Waals surface area contributed by atoms with Gasteiger partial charge in [0.1, 0.15) is 0 Å². The predicted molar refractivity (Wildman–Crippen MR) is 85.4 cm³/mol. The Kier molecular flexibility index (Phi) is 5.78. The summed E-state index contributed by atoms with van der Waals surface area (Å²) >= 11 is 0. The molecular weight excluding hydrogens is 244 g/mol. The fraction of sp³-hybridized carbons (Fsp3) is 0.333. The maximum Gasteiger partial charge on any atom is 0.0237 e. The normalized spacial score (nSPS) is 10.9. The molecule has 0 radical (unpaired) electrons. The number of hydrogen-bond donors (Lipinski definition) is 1. The molecule has 0 spiro atoms. The molecule has 0 heterocycles. The number of nitrogens with zero attached hydrogens (tertiary/aromatic N) is 1. The van der Waals surface area contributed by atoms with Crippen molar-refractivity contribution in [2.24, 2.45) is 0 Å². The van der Waals surface area contributed by atoms with E-state index < -0.39 is 0 Å². The van der Waals surface area contributed by atoms with Gasteiger partial charge in [-0.15, -0.1) is 0 Å². The highest BCUT2D eigenvalue weighted by molar-refractivity contribution is 5.23. The van der Waals surface area contributed by atoms with E-state index in [2.05, 4.69) is 71.7 Å². The highest BCUT2D eigenvalue weighted by Gasteiger charge is 2.05. The van der Waals surface area contributed by atoms with Crippen molar-refractivity contribution >= 4 is 0 Å². The summed E-state index contributed by atoms with van der Waals surface area (Å²) < 4.78 is 0. The minimum Gasteiger partial charge on any atom is -0.316 e. The SMILES string of the molecule is CCN(Cc1ccccc1)Cc1cccc(CNC)c1. The number of hydrogen-bond acceptors (Lipinski definition) is 2. The van der Waals surface area contributed by atoms with Crippen molar-refractivity contribution in [2.45, 2.75) is 26.6 Å². The number of nitrogens with one attached hydrogen (secondary N) is 1. The summed E-state index contributed by atoms with van der Waals surface area (Å²) in [7, 11) is 1.99. The Morgan fingerprint density at radius 2 is 1.50 bits per heavy atom. The predicted octanol–water partition coefficient (Wildman–Crippen LogP) is 3.43. The molecule has 0 aliphatic heterocycles. The topological polar surface area (TPSA) is 15.3 Å². The van der Waals surface area contributed by atoms with Crippen LogP contribution in [-0.4, -0.2) is 18.5 Å². The van der Waals surface area contributed by atoms with Crippen molar-refractivity contribution in [2.75, 3.05) is 13.6 Å². The zero-order valence-electron chi connectivity index (χ0n) is 12.5.